The van der Waals surface area contributed by atoms with Gasteiger partial charge in [0.15, 0.2) is 0 Å². The normalized spacial score (nSPS) is 19.3. The van der Waals surface area contributed by atoms with Gasteiger partial charge < -0.3 is 14.6 Å². The molecule has 2 aromatic carbocycles. The highest BCUT2D eigenvalue weighted by atomic mass is 16.5. The van der Waals surface area contributed by atoms with E-state index in [1.807, 2.05) is 24.3 Å². The zero-order chi connectivity index (χ0) is 23.9. The van der Waals surface area contributed by atoms with Gasteiger partial charge in [0.1, 0.15) is 0 Å². The number of aromatic nitrogens is 2. The molecule has 0 radical (unpaired) electrons. The van der Waals surface area contributed by atoms with Crippen LogP contribution in [-0.2, 0) is 20.9 Å². The fourth-order valence-electron chi connectivity index (χ4n) is 4.96. The molecule has 1 atom stereocenters. The molecule has 2 aliphatic heterocycles. The van der Waals surface area contributed by atoms with Gasteiger partial charge in [0, 0.05) is 25.9 Å². The Labute approximate surface area is 195 Å². The third-order valence-electron chi connectivity index (χ3n) is 6.45. The lowest BCUT2D eigenvalue weighted by molar-refractivity contribution is -0.157. The van der Waals surface area contributed by atoms with Crippen LogP contribution in [0.3, 0.4) is 0 Å². The highest BCUT2D eigenvalue weighted by molar-refractivity contribution is 6.15. The summed E-state index contributed by atoms with van der Waals surface area (Å²) in [5.41, 5.74) is 0.512. The van der Waals surface area contributed by atoms with E-state index in [1.165, 1.54) is 15.9 Å². The van der Waals surface area contributed by atoms with Crippen LogP contribution in [-0.4, -0.2) is 51.0 Å². The van der Waals surface area contributed by atoms with Gasteiger partial charge >= 0.3 is 11.7 Å². The second-order valence-corrected chi connectivity index (χ2v) is 8.36. The predicted molar refractivity (Wildman–Crippen MR) is 125 cm³/mol. The van der Waals surface area contributed by atoms with E-state index >= 15 is 0 Å². The fourth-order valence-corrected chi connectivity index (χ4v) is 4.96. The minimum atomic E-state index is -1.55. The van der Waals surface area contributed by atoms with Gasteiger partial charge in [-0.1, -0.05) is 30.3 Å². The van der Waals surface area contributed by atoms with E-state index in [-0.39, 0.29) is 43.5 Å². The number of ether oxygens (including phenoxy) is 1. The number of esters is 1. The molecule has 3 aromatic rings. The summed E-state index contributed by atoms with van der Waals surface area (Å²) in [4.78, 5) is 57.6. The first-order chi connectivity index (χ1) is 16.5. The number of carbonyl (C=O) groups is 3. The lowest BCUT2D eigenvalue weighted by Crippen LogP contribution is -2.68. The number of nitrogens with zero attached hydrogens (tertiary/aromatic N) is 3. The Morgan fingerprint density at radius 2 is 1.88 bits per heavy atom. The van der Waals surface area contributed by atoms with E-state index in [9.17, 15) is 19.2 Å². The van der Waals surface area contributed by atoms with Crippen LogP contribution >= 0.6 is 0 Å². The second-order valence-electron chi connectivity index (χ2n) is 8.36. The van der Waals surface area contributed by atoms with Crippen molar-refractivity contribution in [1.82, 2.24) is 14.5 Å². The molecule has 9 nitrogen and oxygen atoms in total. The van der Waals surface area contributed by atoms with Gasteiger partial charge in [0.25, 0.3) is 5.91 Å². The highest BCUT2D eigenvalue weighted by Gasteiger charge is 2.61. The maximum absolute atomic E-state index is 13.5. The molecule has 1 aromatic heterocycles. The van der Waals surface area contributed by atoms with Gasteiger partial charge in [-0.3, -0.25) is 19.1 Å². The maximum Gasteiger partial charge on any atom is 0.353 e. The number of imidazole rings is 1. The third kappa shape index (κ3) is 3.15. The Morgan fingerprint density at radius 1 is 1.12 bits per heavy atom. The number of hydrogen-bond donors (Lipinski definition) is 1. The number of para-hydroxylation sites is 3. The first kappa shape index (κ1) is 21.7. The van der Waals surface area contributed by atoms with Crippen molar-refractivity contribution >= 4 is 34.5 Å². The van der Waals surface area contributed by atoms with E-state index < -0.39 is 11.6 Å². The minimum absolute atomic E-state index is 0.0341. The topological polar surface area (TPSA) is 105 Å². The average Bonchev–Trinajstić information content (AvgIpc) is 3.36. The molecule has 1 saturated heterocycles. The van der Waals surface area contributed by atoms with Gasteiger partial charge in [0.2, 0.25) is 11.6 Å². The second kappa shape index (κ2) is 8.33. The monoisotopic (exact) mass is 460 g/mol. The minimum Gasteiger partial charge on any atom is -0.462 e. The molecule has 0 unspecified atom stereocenters. The highest BCUT2D eigenvalue weighted by Crippen LogP contribution is 2.45. The SMILES string of the molecule is C=CCN1C(=O)c2ccccc2N2C(=O)CC[C@@]12C(=O)OCCCn1c(=O)[nH]c2ccccc21. The Balaban J connectivity index is 1.38. The van der Waals surface area contributed by atoms with Crippen LogP contribution in [0.4, 0.5) is 5.69 Å². The molecule has 5 rings (SSSR count). The maximum atomic E-state index is 13.5. The molecule has 0 spiro atoms. The molecule has 9 heteroatoms. The van der Waals surface area contributed by atoms with E-state index in [0.717, 1.165) is 11.0 Å². The number of H-pyrrole nitrogens is 1. The van der Waals surface area contributed by atoms with Crippen molar-refractivity contribution in [3.05, 3.63) is 77.2 Å². The summed E-state index contributed by atoms with van der Waals surface area (Å²) in [5, 5.41) is 0. The lowest BCUT2D eigenvalue weighted by Gasteiger charge is -2.48. The quantitative estimate of drug-likeness (QED) is 0.331. The van der Waals surface area contributed by atoms with Crippen LogP contribution in [0.1, 0.15) is 29.6 Å². The van der Waals surface area contributed by atoms with E-state index in [0.29, 0.717) is 24.2 Å². The van der Waals surface area contributed by atoms with Crippen molar-refractivity contribution < 1.29 is 19.1 Å². The first-order valence-electron chi connectivity index (χ1n) is 11.2. The molecule has 0 aliphatic carbocycles. The Morgan fingerprint density at radius 3 is 2.71 bits per heavy atom. The molecule has 34 heavy (non-hydrogen) atoms. The number of aryl methyl sites for hydroxylation is 1. The molecule has 2 aliphatic rings. The van der Waals surface area contributed by atoms with Gasteiger partial charge in [-0.25, -0.2) is 9.59 Å². The zero-order valence-electron chi connectivity index (χ0n) is 18.5. The summed E-state index contributed by atoms with van der Waals surface area (Å²) in [6.45, 7) is 4.20. The molecule has 174 valence electrons. The lowest BCUT2D eigenvalue weighted by atomic mass is 9.96. The van der Waals surface area contributed by atoms with Crippen molar-refractivity contribution in [2.24, 2.45) is 0 Å². The molecule has 0 bridgehead atoms. The fraction of sp³-hybridized carbons (Fsp3) is 0.280. The number of hydrogen-bond acceptors (Lipinski definition) is 5. The number of amides is 2. The molecular weight excluding hydrogens is 436 g/mol. The summed E-state index contributed by atoms with van der Waals surface area (Å²) in [7, 11) is 0. The summed E-state index contributed by atoms with van der Waals surface area (Å²) in [5.74, 6) is -1.24. The Bertz CT molecular complexity index is 1370. The molecule has 3 heterocycles. The predicted octanol–water partition coefficient (Wildman–Crippen LogP) is 2.43. The van der Waals surface area contributed by atoms with Gasteiger partial charge in [-0.2, -0.15) is 0 Å². The number of rotatable bonds is 7. The number of nitrogens with one attached hydrogen (secondary N) is 1. The van der Waals surface area contributed by atoms with Gasteiger partial charge in [-0.05, 0) is 30.7 Å². The van der Waals surface area contributed by atoms with E-state index in [2.05, 4.69) is 11.6 Å². The first-order valence-corrected chi connectivity index (χ1v) is 11.2. The van der Waals surface area contributed by atoms with Crippen LogP contribution in [0, 0.1) is 0 Å². The Hall–Kier alpha value is -4.14. The molecular formula is C25H24N4O5. The standard InChI is InChI=1S/C25H24N4O5/c1-2-14-28-22(31)17-8-3-5-10-19(17)29-21(30)12-13-25(28,29)23(32)34-16-7-15-27-20-11-6-4-9-18(20)26-24(27)33/h2-6,8-11H,1,7,12-16H2,(H,26,33)/t25-/m1/s1. The van der Waals surface area contributed by atoms with Crippen LogP contribution in [0.2, 0.25) is 0 Å². The molecule has 1 N–H and O–H groups in total. The third-order valence-corrected chi connectivity index (χ3v) is 6.45. The number of aromatic amines is 1. The van der Waals surface area contributed by atoms with Gasteiger partial charge in [-0.15, -0.1) is 6.58 Å². The van der Waals surface area contributed by atoms with Crippen LogP contribution in [0.15, 0.2) is 66.0 Å². The molecule has 1 fully saturated rings. The summed E-state index contributed by atoms with van der Waals surface area (Å²) in [6, 6.07) is 14.1. The largest absolute Gasteiger partial charge is 0.462 e. The number of fused-ring (bicyclic) bond motifs is 4. The Kier molecular flexibility index (Phi) is 5.31. The number of benzene rings is 2. The van der Waals surface area contributed by atoms with Crippen molar-refractivity contribution in [3.63, 3.8) is 0 Å². The smallest absolute Gasteiger partial charge is 0.353 e. The van der Waals surface area contributed by atoms with Crippen molar-refractivity contribution in [2.45, 2.75) is 31.5 Å². The summed E-state index contributed by atoms with van der Waals surface area (Å²) in [6.07, 6.45) is 2.18. The van der Waals surface area contributed by atoms with Crippen molar-refractivity contribution in [1.29, 1.82) is 0 Å². The summed E-state index contributed by atoms with van der Waals surface area (Å²) < 4.78 is 7.23. The number of carbonyl (C=O) groups excluding carboxylic acids is 3. The zero-order valence-corrected chi connectivity index (χ0v) is 18.5. The van der Waals surface area contributed by atoms with Crippen molar-refractivity contribution in [3.8, 4) is 0 Å². The molecule has 0 saturated carbocycles. The van der Waals surface area contributed by atoms with Crippen LogP contribution in [0.5, 0.6) is 0 Å². The van der Waals surface area contributed by atoms with Gasteiger partial charge in [0.05, 0.1) is 28.9 Å². The van der Waals surface area contributed by atoms with Crippen LogP contribution < -0.4 is 10.6 Å². The van der Waals surface area contributed by atoms with Crippen LogP contribution in [0.25, 0.3) is 11.0 Å². The number of anilines is 1. The molecule has 2 amide bonds. The summed E-state index contributed by atoms with van der Waals surface area (Å²) >= 11 is 0. The average molecular weight is 460 g/mol. The van der Waals surface area contributed by atoms with Crippen molar-refractivity contribution in [2.75, 3.05) is 18.1 Å². The van der Waals surface area contributed by atoms with E-state index in [4.69, 9.17) is 4.74 Å². The van der Waals surface area contributed by atoms with E-state index in [1.54, 1.807) is 28.8 Å².